The lowest BCUT2D eigenvalue weighted by Gasteiger charge is -2.40. The third kappa shape index (κ3) is 5.36. The van der Waals surface area contributed by atoms with Crippen LogP contribution in [0.1, 0.15) is 52.9 Å². The molecule has 0 spiro atoms. The lowest BCUT2D eigenvalue weighted by molar-refractivity contribution is -0.127. The van der Waals surface area contributed by atoms with Crippen LogP contribution >= 0.6 is 0 Å². The van der Waals surface area contributed by atoms with Crippen molar-refractivity contribution in [3.63, 3.8) is 0 Å². The van der Waals surface area contributed by atoms with Crippen LogP contribution in [0, 0.1) is 5.41 Å². The molecule has 1 fully saturated rings. The van der Waals surface area contributed by atoms with E-state index >= 15 is 0 Å². The number of carbonyl (C=O) groups excluding carboxylic acids is 1. The normalized spacial score (nSPS) is 21.6. The van der Waals surface area contributed by atoms with Crippen molar-refractivity contribution in [2.75, 3.05) is 19.8 Å². The molecule has 0 aromatic rings. The first kappa shape index (κ1) is 15.4. The van der Waals surface area contributed by atoms with E-state index < -0.39 is 5.60 Å². The minimum atomic E-state index is -0.726. The first-order valence-electron chi connectivity index (χ1n) is 6.94. The predicted molar refractivity (Wildman–Crippen MR) is 71.3 cm³/mol. The average molecular weight is 257 g/mol. The molecule has 1 amide bonds. The molecule has 4 nitrogen and oxygen atoms in total. The van der Waals surface area contributed by atoms with Crippen molar-refractivity contribution in [2.24, 2.45) is 5.41 Å². The highest BCUT2D eigenvalue weighted by Crippen LogP contribution is 2.39. The van der Waals surface area contributed by atoms with Gasteiger partial charge in [-0.1, -0.05) is 20.8 Å². The lowest BCUT2D eigenvalue weighted by Crippen LogP contribution is -2.47. The molecule has 106 valence electrons. The SMILES string of the molecule is CCCOCC(=O)NCC1(O)CCC(C)(C)CC1. The summed E-state index contributed by atoms with van der Waals surface area (Å²) in [5, 5.41) is 13.1. The van der Waals surface area contributed by atoms with Crippen molar-refractivity contribution >= 4 is 5.91 Å². The summed E-state index contributed by atoms with van der Waals surface area (Å²) < 4.78 is 5.16. The summed E-state index contributed by atoms with van der Waals surface area (Å²) in [6, 6.07) is 0. The van der Waals surface area contributed by atoms with Crippen LogP contribution in [-0.4, -0.2) is 36.4 Å². The third-order valence-corrected chi connectivity index (χ3v) is 3.73. The van der Waals surface area contributed by atoms with Crippen LogP contribution in [-0.2, 0) is 9.53 Å². The molecular weight excluding hydrogens is 230 g/mol. The number of hydrogen-bond donors (Lipinski definition) is 2. The van der Waals surface area contributed by atoms with E-state index in [1.165, 1.54) is 0 Å². The summed E-state index contributed by atoms with van der Waals surface area (Å²) in [6.45, 7) is 7.50. The Morgan fingerprint density at radius 2 is 1.89 bits per heavy atom. The molecule has 4 heteroatoms. The van der Waals surface area contributed by atoms with E-state index in [4.69, 9.17) is 4.74 Å². The number of rotatable bonds is 6. The second-order valence-corrected chi connectivity index (χ2v) is 6.22. The molecule has 0 atom stereocenters. The Bertz CT molecular complexity index is 266. The molecular formula is C14H27NO3. The summed E-state index contributed by atoms with van der Waals surface area (Å²) in [5.41, 5.74) is -0.406. The largest absolute Gasteiger partial charge is 0.388 e. The van der Waals surface area contributed by atoms with Gasteiger partial charge in [-0.3, -0.25) is 4.79 Å². The first-order valence-corrected chi connectivity index (χ1v) is 6.94. The standard InChI is InChI=1S/C14H27NO3/c1-4-9-18-10-12(16)15-11-14(17)7-5-13(2,3)6-8-14/h17H,4-11H2,1-3H3,(H,15,16). The fourth-order valence-corrected chi connectivity index (χ4v) is 2.19. The highest BCUT2D eigenvalue weighted by molar-refractivity contribution is 5.77. The molecule has 2 N–H and O–H groups in total. The highest BCUT2D eigenvalue weighted by atomic mass is 16.5. The fraction of sp³-hybridized carbons (Fsp3) is 0.929. The zero-order chi connectivity index (χ0) is 13.6. The second kappa shape index (κ2) is 6.53. The molecule has 0 heterocycles. The summed E-state index contributed by atoms with van der Waals surface area (Å²) in [4.78, 5) is 11.5. The van der Waals surface area contributed by atoms with E-state index in [-0.39, 0.29) is 12.5 Å². The lowest BCUT2D eigenvalue weighted by atomic mass is 9.71. The summed E-state index contributed by atoms with van der Waals surface area (Å²) in [7, 11) is 0. The molecule has 0 bridgehead atoms. The Kier molecular flexibility index (Phi) is 5.60. The molecule has 1 aliphatic rings. The monoisotopic (exact) mass is 257 g/mol. The maximum Gasteiger partial charge on any atom is 0.246 e. The van der Waals surface area contributed by atoms with E-state index in [9.17, 15) is 9.90 Å². The average Bonchev–Trinajstić information content (AvgIpc) is 2.32. The zero-order valence-electron chi connectivity index (χ0n) is 11.9. The minimum absolute atomic E-state index is 0.0927. The van der Waals surface area contributed by atoms with Crippen molar-refractivity contribution in [3.8, 4) is 0 Å². The number of amides is 1. The molecule has 0 aromatic heterocycles. The Balaban J connectivity index is 2.24. The summed E-state index contributed by atoms with van der Waals surface area (Å²) in [6.07, 6.45) is 4.44. The molecule has 0 radical (unpaired) electrons. The van der Waals surface area contributed by atoms with Crippen LogP contribution in [0.15, 0.2) is 0 Å². The Morgan fingerprint density at radius 1 is 1.28 bits per heavy atom. The fourth-order valence-electron chi connectivity index (χ4n) is 2.19. The van der Waals surface area contributed by atoms with Gasteiger partial charge in [0.2, 0.25) is 5.91 Å². The minimum Gasteiger partial charge on any atom is -0.388 e. The van der Waals surface area contributed by atoms with Crippen molar-refractivity contribution in [1.29, 1.82) is 0 Å². The van der Waals surface area contributed by atoms with Crippen LogP contribution in [0.25, 0.3) is 0 Å². The zero-order valence-corrected chi connectivity index (χ0v) is 11.9. The summed E-state index contributed by atoms with van der Waals surface area (Å²) in [5.74, 6) is -0.137. The Hall–Kier alpha value is -0.610. The quantitative estimate of drug-likeness (QED) is 0.714. The number of aliphatic hydroxyl groups is 1. The number of nitrogens with one attached hydrogen (secondary N) is 1. The molecule has 0 unspecified atom stereocenters. The molecule has 0 aromatic carbocycles. The maximum absolute atomic E-state index is 11.5. The van der Waals surface area contributed by atoms with Gasteiger partial charge in [0.1, 0.15) is 6.61 Å². The van der Waals surface area contributed by atoms with Crippen LogP contribution in [0.5, 0.6) is 0 Å². The maximum atomic E-state index is 11.5. The van der Waals surface area contributed by atoms with Crippen LogP contribution in [0.2, 0.25) is 0 Å². The molecule has 1 aliphatic carbocycles. The van der Waals surface area contributed by atoms with Crippen LogP contribution in [0.3, 0.4) is 0 Å². The van der Waals surface area contributed by atoms with E-state index in [2.05, 4.69) is 19.2 Å². The van der Waals surface area contributed by atoms with Crippen molar-refractivity contribution in [1.82, 2.24) is 5.32 Å². The van der Waals surface area contributed by atoms with Gasteiger partial charge in [-0.25, -0.2) is 0 Å². The smallest absolute Gasteiger partial charge is 0.246 e. The second-order valence-electron chi connectivity index (χ2n) is 6.22. The van der Waals surface area contributed by atoms with Gasteiger partial charge < -0.3 is 15.2 Å². The van der Waals surface area contributed by atoms with Gasteiger partial charge in [0, 0.05) is 13.2 Å². The number of carbonyl (C=O) groups is 1. The van der Waals surface area contributed by atoms with Gasteiger partial charge in [0.25, 0.3) is 0 Å². The van der Waals surface area contributed by atoms with Gasteiger partial charge in [0.15, 0.2) is 0 Å². The van der Waals surface area contributed by atoms with Gasteiger partial charge in [-0.2, -0.15) is 0 Å². The van der Waals surface area contributed by atoms with Crippen LogP contribution < -0.4 is 5.32 Å². The van der Waals surface area contributed by atoms with Gasteiger partial charge >= 0.3 is 0 Å². The molecule has 0 saturated heterocycles. The van der Waals surface area contributed by atoms with Gasteiger partial charge in [-0.15, -0.1) is 0 Å². The topological polar surface area (TPSA) is 58.6 Å². The van der Waals surface area contributed by atoms with E-state index in [0.29, 0.717) is 18.6 Å². The van der Waals surface area contributed by atoms with E-state index in [1.54, 1.807) is 0 Å². The number of hydrogen-bond acceptors (Lipinski definition) is 3. The van der Waals surface area contributed by atoms with E-state index in [0.717, 1.165) is 32.1 Å². The molecule has 1 saturated carbocycles. The van der Waals surface area contributed by atoms with Gasteiger partial charge in [0.05, 0.1) is 5.60 Å². The molecule has 0 aliphatic heterocycles. The third-order valence-electron chi connectivity index (χ3n) is 3.73. The highest BCUT2D eigenvalue weighted by Gasteiger charge is 2.36. The van der Waals surface area contributed by atoms with E-state index in [1.807, 2.05) is 6.92 Å². The number of ether oxygens (including phenoxy) is 1. The Morgan fingerprint density at radius 3 is 2.44 bits per heavy atom. The Labute approximate surface area is 110 Å². The van der Waals surface area contributed by atoms with Crippen molar-refractivity contribution < 1.29 is 14.6 Å². The van der Waals surface area contributed by atoms with Crippen LogP contribution in [0.4, 0.5) is 0 Å². The molecule has 18 heavy (non-hydrogen) atoms. The predicted octanol–water partition coefficient (Wildman–Crippen LogP) is 1.86. The van der Waals surface area contributed by atoms with Crippen molar-refractivity contribution in [2.45, 2.75) is 58.5 Å². The molecule has 1 rings (SSSR count). The van der Waals surface area contributed by atoms with Gasteiger partial charge in [-0.05, 0) is 37.5 Å². The summed E-state index contributed by atoms with van der Waals surface area (Å²) >= 11 is 0. The first-order chi connectivity index (χ1) is 8.37. The van der Waals surface area contributed by atoms with Crippen molar-refractivity contribution in [3.05, 3.63) is 0 Å².